The van der Waals surface area contributed by atoms with Gasteiger partial charge in [-0.2, -0.15) is 0 Å². The third-order valence-corrected chi connectivity index (χ3v) is 4.68. The van der Waals surface area contributed by atoms with E-state index in [1.165, 1.54) is 0 Å². The van der Waals surface area contributed by atoms with Crippen LogP contribution in [0.4, 0.5) is 0 Å². The molecule has 2 rings (SSSR count). The van der Waals surface area contributed by atoms with Crippen molar-refractivity contribution in [2.24, 2.45) is 22.2 Å². The minimum Gasteiger partial charge on any atom is -0.508 e. The normalized spacial score (nSPS) is 11.7. The standard InChI is InChI=1S/C22H30N6O4/c23-21(32)19(2-1-11-26-22(24)25)27-20(31)14-28(12-15-3-7-17(29)8-4-15)13-16-5-9-18(30)10-6-16/h3-10,19,29-30H,1-2,11-14H2,(H2,23,32)(H,27,31)(H4,24,25,26)/t19-/m1/s1. The first-order valence-corrected chi connectivity index (χ1v) is 10.1. The van der Waals surface area contributed by atoms with E-state index in [4.69, 9.17) is 17.2 Å². The van der Waals surface area contributed by atoms with Crippen LogP contribution in [0.15, 0.2) is 53.5 Å². The molecule has 1 atom stereocenters. The highest BCUT2D eigenvalue weighted by Crippen LogP contribution is 2.16. The third kappa shape index (κ3) is 8.92. The molecule has 9 N–H and O–H groups in total. The van der Waals surface area contributed by atoms with Crippen LogP contribution in [0.2, 0.25) is 0 Å². The predicted molar refractivity (Wildman–Crippen MR) is 121 cm³/mol. The fourth-order valence-electron chi connectivity index (χ4n) is 3.12. The molecule has 0 bridgehead atoms. The van der Waals surface area contributed by atoms with Crippen LogP contribution in [0.25, 0.3) is 0 Å². The van der Waals surface area contributed by atoms with Crippen LogP contribution in [0.3, 0.4) is 0 Å². The summed E-state index contributed by atoms with van der Waals surface area (Å²) in [6, 6.07) is 12.6. The lowest BCUT2D eigenvalue weighted by molar-refractivity contribution is -0.128. The summed E-state index contributed by atoms with van der Waals surface area (Å²) < 4.78 is 0. The molecule has 10 heteroatoms. The van der Waals surface area contributed by atoms with Gasteiger partial charge >= 0.3 is 0 Å². The van der Waals surface area contributed by atoms with E-state index in [0.29, 0.717) is 32.5 Å². The number of primary amides is 1. The number of hydrogen-bond donors (Lipinski definition) is 6. The average molecular weight is 443 g/mol. The van der Waals surface area contributed by atoms with Crippen molar-refractivity contribution < 1.29 is 19.8 Å². The monoisotopic (exact) mass is 442 g/mol. The van der Waals surface area contributed by atoms with Gasteiger partial charge in [-0.3, -0.25) is 19.5 Å². The van der Waals surface area contributed by atoms with Crippen molar-refractivity contribution in [2.45, 2.75) is 32.0 Å². The number of phenolic OH excluding ortho intramolecular Hbond substituents is 2. The lowest BCUT2D eigenvalue weighted by Crippen LogP contribution is -2.47. The Morgan fingerprint density at radius 2 is 1.41 bits per heavy atom. The van der Waals surface area contributed by atoms with Gasteiger partial charge in [0.1, 0.15) is 17.5 Å². The second-order valence-electron chi connectivity index (χ2n) is 7.45. The number of amides is 2. The molecule has 10 nitrogen and oxygen atoms in total. The Hall–Kier alpha value is -3.79. The number of guanidine groups is 1. The molecule has 0 unspecified atom stereocenters. The molecule has 0 aliphatic heterocycles. The molecule has 0 radical (unpaired) electrons. The molecule has 0 saturated carbocycles. The summed E-state index contributed by atoms with van der Waals surface area (Å²) in [6.07, 6.45) is 0.796. The molecule has 32 heavy (non-hydrogen) atoms. The van der Waals surface area contributed by atoms with Gasteiger partial charge in [0.2, 0.25) is 11.8 Å². The number of phenols is 2. The first-order valence-electron chi connectivity index (χ1n) is 10.1. The summed E-state index contributed by atoms with van der Waals surface area (Å²) in [5.41, 5.74) is 17.8. The number of aromatic hydroxyl groups is 2. The van der Waals surface area contributed by atoms with Crippen LogP contribution in [0.5, 0.6) is 11.5 Å². The Morgan fingerprint density at radius 3 is 1.84 bits per heavy atom. The maximum Gasteiger partial charge on any atom is 0.240 e. The Labute approximate surface area is 186 Å². The van der Waals surface area contributed by atoms with Crippen molar-refractivity contribution in [2.75, 3.05) is 13.1 Å². The van der Waals surface area contributed by atoms with Crippen LogP contribution in [0, 0.1) is 0 Å². The number of carbonyl (C=O) groups excluding carboxylic acids is 2. The quantitative estimate of drug-likeness (QED) is 0.153. The zero-order valence-electron chi connectivity index (χ0n) is 17.8. The van der Waals surface area contributed by atoms with E-state index in [1.54, 1.807) is 48.5 Å². The molecule has 0 saturated heterocycles. The first-order chi connectivity index (χ1) is 15.2. The molecule has 2 amide bonds. The van der Waals surface area contributed by atoms with Crippen molar-refractivity contribution in [3.63, 3.8) is 0 Å². The van der Waals surface area contributed by atoms with Gasteiger partial charge in [-0.15, -0.1) is 0 Å². The van der Waals surface area contributed by atoms with Crippen molar-refractivity contribution in [3.05, 3.63) is 59.7 Å². The Morgan fingerprint density at radius 1 is 0.906 bits per heavy atom. The minimum absolute atomic E-state index is 0.0133. The smallest absolute Gasteiger partial charge is 0.240 e. The van der Waals surface area contributed by atoms with Gasteiger partial charge in [0, 0.05) is 19.6 Å². The molecule has 0 fully saturated rings. The Bertz CT molecular complexity index is 864. The molecule has 0 heterocycles. The molecular formula is C22H30N6O4. The number of benzene rings is 2. The molecule has 0 aliphatic carbocycles. The van der Waals surface area contributed by atoms with E-state index < -0.39 is 11.9 Å². The van der Waals surface area contributed by atoms with E-state index in [2.05, 4.69) is 10.3 Å². The van der Waals surface area contributed by atoms with Gasteiger partial charge in [0.25, 0.3) is 0 Å². The zero-order chi connectivity index (χ0) is 23.5. The number of hydrogen-bond acceptors (Lipinski definition) is 6. The lowest BCUT2D eigenvalue weighted by Gasteiger charge is -2.24. The maximum atomic E-state index is 12.7. The molecule has 0 spiro atoms. The molecule has 172 valence electrons. The molecule has 0 aliphatic rings. The van der Waals surface area contributed by atoms with Gasteiger partial charge in [0.05, 0.1) is 6.54 Å². The number of nitrogens with zero attached hydrogens (tertiary/aromatic N) is 2. The molecule has 2 aromatic rings. The second kappa shape index (κ2) is 12.2. The third-order valence-electron chi connectivity index (χ3n) is 4.68. The fourth-order valence-corrected chi connectivity index (χ4v) is 3.12. The van der Waals surface area contributed by atoms with E-state index in [-0.39, 0.29) is 29.9 Å². The number of nitrogens with two attached hydrogens (primary N) is 3. The SMILES string of the molecule is NC(=O)[C@@H](CCCN=C(N)N)NC(=O)CN(Cc1ccc(O)cc1)Cc1ccc(O)cc1. The van der Waals surface area contributed by atoms with Crippen LogP contribution >= 0.6 is 0 Å². The van der Waals surface area contributed by atoms with Gasteiger partial charge in [-0.1, -0.05) is 24.3 Å². The van der Waals surface area contributed by atoms with Gasteiger partial charge < -0.3 is 32.7 Å². The van der Waals surface area contributed by atoms with Crippen LogP contribution < -0.4 is 22.5 Å². The van der Waals surface area contributed by atoms with Crippen molar-refractivity contribution in [1.82, 2.24) is 10.2 Å². The average Bonchev–Trinajstić information content (AvgIpc) is 2.73. The Balaban J connectivity index is 2.03. The van der Waals surface area contributed by atoms with Crippen molar-refractivity contribution >= 4 is 17.8 Å². The van der Waals surface area contributed by atoms with E-state index >= 15 is 0 Å². The van der Waals surface area contributed by atoms with E-state index in [9.17, 15) is 19.8 Å². The Kier molecular flexibility index (Phi) is 9.30. The van der Waals surface area contributed by atoms with Gasteiger partial charge in [-0.25, -0.2) is 0 Å². The minimum atomic E-state index is -0.833. The highest BCUT2D eigenvalue weighted by Gasteiger charge is 2.20. The second-order valence-corrected chi connectivity index (χ2v) is 7.45. The lowest BCUT2D eigenvalue weighted by atomic mass is 10.1. The summed E-state index contributed by atoms with van der Waals surface area (Å²) in [6.45, 7) is 1.20. The number of aliphatic imine (C=N–C) groups is 1. The predicted octanol–water partition coefficient (Wildman–Crippen LogP) is 0.124. The number of rotatable bonds is 12. The summed E-state index contributed by atoms with van der Waals surface area (Å²) >= 11 is 0. The largest absolute Gasteiger partial charge is 0.508 e. The number of carbonyl (C=O) groups is 2. The summed E-state index contributed by atoms with van der Waals surface area (Å²) in [5.74, 6) is -0.716. The van der Waals surface area contributed by atoms with Gasteiger partial charge in [0.15, 0.2) is 5.96 Å². The zero-order valence-corrected chi connectivity index (χ0v) is 17.8. The molecule has 0 aromatic heterocycles. The van der Waals surface area contributed by atoms with E-state index in [0.717, 1.165) is 11.1 Å². The summed E-state index contributed by atoms with van der Waals surface area (Å²) in [7, 11) is 0. The first kappa shape index (κ1) is 24.5. The summed E-state index contributed by atoms with van der Waals surface area (Å²) in [4.78, 5) is 30.2. The van der Waals surface area contributed by atoms with Crippen molar-refractivity contribution in [1.29, 1.82) is 0 Å². The van der Waals surface area contributed by atoms with Crippen molar-refractivity contribution in [3.8, 4) is 11.5 Å². The molecular weight excluding hydrogens is 412 g/mol. The molecule has 2 aromatic carbocycles. The highest BCUT2D eigenvalue weighted by molar-refractivity contribution is 5.87. The van der Waals surface area contributed by atoms with Crippen LogP contribution in [-0.4, -0.2) is 52.0 Å². The summed E-state index contributed by atoms with van der Waals surface area (Å²) in [5, 5.41) is 21.7. The fraction of sp³-hybridized carbons (Fsp3) is 0.318. The topological polar surface area (TPSA) is 180 Å². The van der Waals surface area contributed by atoms with Crippen LogP contribution in [0.1, 0.15) is 24.0 Å². The van der Waals surface area contributed by atoms with Gasteiger partial charge in [-0.05, 0) is 48.2 Å². The number of nitrogens with one attached hydrogen (secondary N) is 1. The highest BCUT2D eigenvalue weighted by atomic mass is 16.3. The maximum absolute atomic E-state index is 12.7. The van der Waals surface area contributed by atoms with E-state index in [1.807, 2.05) is 4.90 Å². The van der Waals surface area contributed by atoms with Crippen LogP contribution in [-0.2, 0) is 22.7 Å².